The number of rotatable bonds is 8. The van der Waals surface area contributed by atoms with Crippen LogP contribution in [-0.2, 0) is 6.42 Å². The molecule has 0 spiro atoms. The van der Waals surface area contributed by atoms with Crippen LogP contribution < -0.4 is 5.73 Å². The van der Waals surface area contributed by atoms with Crippen LogP contribution in [0.4, 0.5) is 0 Å². The van der Waals surface area contributed by atoms with Gasteiger partial charge in [0.2, 0.25) is 0 Å². The quantitative estimate of drug-likeness (QED) is 0.773. The van der Waals surface area contributed by atoms with Gasteiger partial charge in [0.1, 0.15) is 0 Å². The van der Waals surface area contributed by atoms with Crippen molar-refractivity contribution in [1.82, 2.24) is 4.90 Å². The normalized spacial score (nSPS) is 13.2. The standard InChI is InChI=1S/C17H30N2/c1-5-7-15-8-10-16(11-9-15)17(18)13-19(12-6-2)14(3)4/h8-11,14,17H,5-7,12-13,18H2,1-4H3. The molecule has 2 N–H and O–H groups in total. The lowest BCUT2D eigenvalue weighted by atomic mass is 10.0. The molecule has 0 saturated heterocycles. The SMILES string of the molecule is CCCc1ccc(C(N)CN(CCC)C(C)C)cc1. The van der Waals surface area contributed by atoms with Crippen LogP contribution in [0, 0.1) is 0 Å². The molecule has 0 radical (unpaired) electrons. The van der Waals surface area contributed by atoms with Crippen LogP contribution in [0.3, 0.4) is 0 Å². The van der Waals surface area contributed by atoms with Crippen molar-refractivity contribution in [3.8, 4) is 0 Å². The monoisotopic (exact) mass is 262 g/mol. The summed E-state index contributed by atoms with van der Waals surface area (Å²) in [6.07, 6.45) is 3.53. The van der Waals surface area contributed by atoms with Crippen LogP contribution in [0.2, 0.25) is 0 Å². The fourth-order valence-electron chi connectivity index (χ4n) is 2.43. The van der Waals surface area contributed by atoms with Crippen molar-refractivity contribution in [2.75, 3.05) is 13.1 Å². The third kappa shape index (κ3) is 5.33. The molecule has 1 aromatic carbocycles. The molecule has 19 heavy (non-hydrogen) atoms. The zero-order valence-corrected chi connectivity index (χ0v) is 13.0. The van der Waals surface area contributed by atoms with E-state index in [0.717, 1.165) is 19.5 Å². The van der Waals surface area contributed by atoms with E-state index in [2.05, 4.69) is 56.9 Å². The Kier molecular flexibility index (Phi) is 7.11. The Morgan fingerprint density at radius 1 is 1.05 bits per heavy atom. The molecule has 1 unspecified atom stereocenters. The Morgan fingerprint density at radius 2 is 1.68 bits per heavy atom. The molecule has 1 rings (SSSR count). The van der Waals surface area contributed by atoms with Gasteiger partial charge in [0.15, 0.2) is 0 Å². The van der Waals surface area contributed by atoms with E-state index in [1.807, 2.05) is 0 Å². The fourth-order valence-corrected chi connectivity index (χ4v) is 2.43. The van der Waals surface area contributed by atoms with Crippen LogP contribution in [-0.4, -0.2) is 24.0 Å². The summed E-state index contributed by atoms with van der Waals surface area (Å²) in [4.78, 5) is 2.46. The average Bonchev–Trinajstić information content (AvgIpc) is 2.39. The number of nitrogens with zero attached hydrogens (tertiary/aromatic N) is 1. The first kappa shape index (κ1) is 16.2. The van der Waals surface area contributed by atoms with Crippen molar-refractivity contribution >= 4 is 0 Å². The number of hydrogen-bond donors (Lipinski definition) is 1. The minimum Gasteiger partial charge on any atom is -0.323 e. The summed E-state index contributed by atoms with van der Waals surface area (Å²) >= 11 is 0. The summed E-state index contributed by atoms with van der Waals surface area (Å²) < 4.78 is 0. The predicted octanol–water partition coefficient (Wildman–Crippen LogP) is 3.76. The lowest BCUT2D eigenvalue weighted by Crippen LogP contribution is -2.37. The van der Waals surface area contributed by atoms with Crippen molar-refractivity contribution in [1.29, 1.82) is 0 Å². The van der Waals surface area contributed by atoms with E-state index >= 15 is 0 Å². The molecule has 0 aromatic heterocycles. The van der Waals surface area contributed by atoms with Crippen molar-refractivity contribution in [3.63, 3.8) is 0 Å². The van der Waals surface area contributed by atoms with Gasteiger partial charge in [-0.3, -0.25) is 4.90 Å². The minimum atomic E-state index is 0.115. The summed E-state index contributed by atoms with van der Waals surface area (Å²) in [7, 11) is 0. The van der Waals surface area contributed by atoms with Crippen molar-refractivity contribution in [2.24, 2.45) is 5.73 Å². The van der Waals surface area contributed by atoms with Gasteiger partial charge in [-0.25, -0.2) is 0 Å². The van der Waals surface area contributed by atoms with Gasteiger partial charge >= 0.3 is 0 Å². The number of nitrogens with two attached hydrogens (primary N) is 1. The Balaban J connectivity index is 2.63. The highest BCUT2D eigenvalue weighted by Crippen LogP contribution is 2.15. The van der Waals surface area contributed by atoms with Gasteiger partial charge in [-0.2, -0.15) is 0 Å². The van der Waals surface area contributed by atoms with E-state index in [4.69, 9.17) is 5.73 Å². The van der Waals surface area contributed by atoms with E-state index in [9.17, 15) is 0 Å². The Bertz CT molecular complexity index is 343. The maximum atomic E-state index is 6.35. The highest BCUT2D eigenvalue weighted by Gasteiger charge is 2.14. The Labute approximate surface area is 119 Å². The number of benzene rings is 1. The first-order chi connectivity index (χ1) is 9.08. The smallest absolute Gasteiger partial charge is 0.0424 e. The zero-order valence-electron chi connectivity index (χ0n) is 13.0. The molecular weight excluding hydrogens is 232 g/mol. The van der Waals surface area contributed by atoms with Gasteiger partial charge < -0.3 is 5.73 Å². The summed E-state index contributed by atoms with van der Waals surface area (Å²) in [6, 6.07) is 9.51. The molecule has 2 heteroatoms. The van der Waals surface area contributed by atoms with Gasteiger partial charge in [0.25, 0.3) is 0 Å². The molecule has 0 aliphatic heterocycles. The lowest BCUT2D eigenvalue weighted by molar-refractivity contribution is 0.209. The molecule has 0 bridgehead atoms. The number of hydrogen-bond acceptors (Lipinski definition) is 2. The summed E-state index contributed by atoms with van der Waals surface area (Å²) in [5.74, 6) is 0. The highest BCUT2D eigenvalue weighted by molar-refractivity contribution is 5.25. The van der Waals surface area contributed by atoms with Gasteiger partial charge in [-0.05, 0) is 44.4 Å². The molecule has 0 heterocycles. The first-order valence-electron chi connectivity index (χ1n) is 7.66. The molecule has 1 aromatic rings. The highest BCUT2D eigenvalue weighted by atomic mass is 15.2. The second kappa shape index (κ2) is 8.34. The second-order valence-corrected chi connectivity index (χ2v) is 5.69. The van der Waals surface area contributed by atoms with Crippen LogP contribution in [0.15, 0.2) is 24.3 Å². The zero-order chi connectivity index (χ0) is 14.3. The lowest BCUT2D eigenvalue weighted by Gasteiger charge is -2.29. The molecule has 0 aliphatic carbocycles. The molecule has 0 amide bonds. The second-order valence-electron chi connectivity index (χ2n) is 5.69. The predicted molar refractivity (Wildman–Crippen MR) is 84.4 cm³/mol. The van der Waals surface area contributed by atoms with Crippen molar-refractivity contribution in [2.45, 2.75) is 59.0 Å². The Hall–Kier alpha value is -0.860. The van der Waals surface area contributed by atoms with E-state index in [0.29, 0.717) is 6.04 Å². The molecule has 2 nitrogen and oxygen atoms in total. The fraction of sp³-hybridized carbons (Fsp3) is 0.647. The summed E-state index contributed by atoms with van der Waals surface area (Å²) in [5.41, 5.74) is 9.01. The van der Waals surface area contributed by atoms with E-state index < -0.39 is 0 Å². The van der Waals surface area contributed by atoms with Crippen LogP contribution in [0.5, 0.6) is 0 Å². The summed E-state index contributed by atoms with van der Waals surface area (Å²) in [6.45, 7) is 11.0. The molecular formula is C17H30N2. The molecule has 1 atom stereocenters. The van der Waals surface area contributed by atoms with Crippen LogP contribution in [0.1, 0.15) is 57.7 Å². The third-order valence-electron chi connectivity index (χ3n) is 3.62. The summed E-state index contributed by atoms with van der Waals surface area (Å²) in [5, 5.41) is 0. The van der Waals surface area contributed by atoms with Crippen molar-refractivity contribution < 1.29 is 0 Å². The Morgan fingerprint density at radius 3 is 2.16 bits per heavy atom. The maximum Gasteiger partial charge on any atom is 0.0424 e. The van der Waals surface area contributed by atoms with Crippen LogP contribution in [0.25, 0.3) is 0 Å². The largest absolute Gasteiger partial charge is 0.323 e. The van der Waals surface area contributed by atoms with E-state index in [-0.39, 0.29) is 6.04 Å². The van der Waals surface area contributed by atoms with Gasteiger partial charge in [0, 0.05) is 18.6 Å². The maximum absolute atomic E-state index is 6.35. The minimum absolute atomic E-state index is 0.115. The van der Waals surface area contributed by atoms with Gasteiger partial charge in [0.05, 0.1) is 0 Å². The molecule has 0 fully saturated rings. The van der Waals surface area contributed by atoms with E-state index in [1.165, 1.54) is 24.0 Å². The van der Waals surface area contributed by atoms with Gasteiger partial charge in [-0.1, -0.05) is 44.5 Å². The number of aryl methyl sites for hydroxylation is 1. The van der Waals surface area contributed by atoms with Gasteiger partial charge in [-0.15, -0.1) is 0 Å². The third-order valence-corrected chi connectivity index (χ3v) is 3.62. The molecule has 0 aliphatic rings. The first-order valence-corrected chi connectivity index (χ1v) is 7.66. The van der Waals surface area contributed by atoms with E-state index in [1.54, 1.807) is 0 Å². The molecule has 108 valence electrons. The van der Waals surface area contributed by atoms with Crippen LogP contribution >= 0.6 is 0 Å². The average molecular weight is 262 g/mol. The topological polar surface area (TPSA) is 29.3 Å². The molecule has 0 saturated carbocycles. The van der Waals surface area contributed by atoms with Crippen molar-refractivity contribution in [3.05, 3.63) is 35.4 Å².